The van der Waals surface area contributed by atoms with Crippen molar-refractivity contribution in [3.8, 4) is 5.75 Å². The minimum absolute atomic E-state index is 0. The number of carboxylic acids is 1. The first-order valence-electron chi connectivity index (χ1n) is 4.70. The maximum atomic E-state index is 10.3. The normalized spacial score (nSPS) is 8.00. The van der Waals surface area contributed by atoms with Crippen LogP contribution in [0.4, 0.5) is 0 Å². The summed E-state index contributed by atoms with van der Waals surface area (Å²) in [5.74, 6) is -1.31. The predicted molar refractivity (Wildman–Crippen MR) is 68.5 cm³/mol. The van der Waals surface area contributed by atoms with Gasteiger partial charge in [0.2, 0.25) is 0 Å². The molecule has 0 aliphatic carbocycles. The van der Waals surface area contributed by atoms with Crippen LogP contribution in [-0.4, -0.2) is 26.6 Å². The first-order valence-corrected chi connectivity index (χ1v) is 5.11. The fourth-order valence-corrected chi connectivity index (χ4v) is 1.14. The summed E-state index contributed by atoms with van der Waals surface area (Å²) < 4.78 is 0. The zero-order valence-corrected chi connectivity index (χ0v) is 13.8. The van der Waals surface area contributed by atoms with Crippen LogP contribution in [0.25, 0.3) is 0 Å². The van der Waals surface area contributed by atoms with E-state index in [1.165, 1.54) is 12.1 Å². The van der Waals surface area contributed by atoms with Crippen molar-refractivity contribution in [2.24, 2.45) is 0 Å². The molecule has 0 aliphatic rings. The number of rotatable bonds is 1. The van der Waals surface area contributed by atoms with Gasteiger partial charge in [-0.25, -0.2) is 4.79 Å². The number of carbonyl (C=O) groups is 1. The Hall–Kier alpha value is -1.56. The minimum atomic E-state index is -1.11. The first kappa shape index (κ1) is 19.8. The summed E-state index contributed by atoms with van der Waals surface area (Å²) >= 11 is 4.70. The average molecular weight is 332 g/mol. The third-order valence-electron chi connectivity index (χ3n) is 1.77. The Morgan fingerprint density at radius 3 is 2.00 bits per heavy atom. The summed E-state index contributed by atoms with van der Waals surface area (Å²) in [6, 6.07) is 11.3. The molecule has 0 amide bonds. The van der Waals surface area contributed by atoms with E-state index < -0.39 is 5.97 Å². The number of pyridine rings is 1. The van der Waals surface area contributed by atoms with Gasteiger partial charge in [-0.3, -0.25) is 4.98 Å². The molecule has 98 valence electrons. The van der Waals surface area contributed by atoms with E-state index in [-0.39, 0.29) is 36.3 Å². The van der Waals surface area contributed by atoms with E-state index in [0.29, 0.717) is 5.03 Å². The van der Waals surface area contributed by atoms with E-state index in [4.69, 9.17) is 22.8 Å². The van der Waals surface area contributed by atoms with Gasteiger partial charge in [-0.1, -0.05) is 29.3 Å². The smallest absolute Gasteiger partial charge is 0.339 e. The van der Waals surface area contributed by atoms with Gasteiger partial charge in [0.15, 0.2) is 0 Å². The van der Waals surface area contributed by atoms with Gasteiger partial charge in [0, 0.05) is 25.7 Å². The van der Waals surface area contributed by atoms with Crippen molar-refractivity contribution in [3.05, 3.63) is 54.2 Å². The Bertz CT molecular complexity index is 496. The van der Waals surface area contributed by atoms with Crippen LogP contribution in [0.5, 0.6) is 5.75 Å². The van der Waals surface area contributed by atoms with E-state index in [9.17, 15) is 4.79 Å². The second kappa shape index (κ2) is 10.4. The van der Waals surface area contributed by atoms with Crippen molar-refractivity contribution >= 4 is 18.6 Å². The zero-order chi connectivity index (χ0) is 12.7. The molecule has 2 aromatic rings. The molecule has 0 bridgehead atoms. The number of aromatic carboxylic acids is 1. The molecular weight excluding hydrogens is 320 g/mol. The van der Waals surface area contributed by atoms with Crippen molar-refractivity contribution < 1.29 is 40.0 Å². The SMILES string of the molecule is O.O=C(O)c1ccccc1O.[S-]c1ccccn1.[Zn]. The predicted octanol–water partition coefficient (Wildman–Crippen LogP) is 1.25. The van der Waals surface area contributed by atoms with E-state index in [2.05, 4.69) is 4.98 Å². The molecule has 0 saturated heterocycles. The molecule has 1 aromatic heterocycles. The summed E-state index contributed by atoms with van der Waals surface area (Å²) in [5, 5.41) is 18.0. The molecule has 1 heterocycles. The van der Waals surface area contributed by atoms with Gasteiger partial charge >= 0.3 is 5.97 Å². The molecule has 5 nitrogen and oxygen atoms in total. The Labute approximate surface area is 128 Å². The maximum absolute atomic E-state index is 10.3. The molecule has 0 saturated carbocycles. The largest absolute Gasteiger partial charge is 0.760 e. The van der Waals surface area contributed by atoms with Crippen LogP contribution in [0.3, 0.4) is 0 Å². The van der Waals surface area contributed by atoms with Crippen LogP contribution in [0.2, 0.25) is 0 Å². The number of hydrogen-bond acceptors (Lipinski definition) is 4. The van der Waals surface area contributed by atoms with Gasteiger partial charge in [-0.05, 0) is 18.2 Å². The average Bonchev–Trinajstić information content (AvgIpc) is 2.31. The van der Waals surface area contributed by atoms with Crippen LogP contribution >= 0.6 is 0 Å². The van der Waals surface area contributed by atoms with E-state index in [0.717, 1.165) is 0 Å². The van der Waals surface area contributed by atoms with E-state index >= 15 is 0 Å². The van der Waals surface area contributed by atoms with Gasteiger partial charge < -0.3 is 28.3 Å². The summed E-state index contributed by atoms with van der Waals surface area (Å²) in [6.07, 6.45) is 1.68. The van der Waals surface area contributed by atoms with Crippen molar-refractivity contribution in [3.63, 3.8) is 0 Å². The monoisotopic (exact) mass is 330 g/mol. The quantitative estimate of drug-likeness (QED) is 0.605. The van der Waals surface area contributed by atoms with E-state index in [1.807, 2.05) is 12.1 Å². The van der Waals surface area contributed by atoms with E-state index in [1.54, 1.807) is 24.4 Å². The molecule has 0 radical (unpaired) electrons. The molecule has 0 fully saturated rings. The number of carboxylic acid groups (broad SMARTS) is 1. The summed E-state index contributed by atoms with van der Waals surface area (Å²) in [6.45, 7) is 0. The number of nitrogens with zero attached hydrogens (tertiary/aromatic N) is 1. The first-order chi connectivity index (χ1) is 8.11. The van der Waals surface area contributed by atoms with Crippen molar-refractivity contribution in [1.82, 2.24) is 4.98 Å². The molecule has 0 unspecified atom stereocenters. The van der Waals surface area contributed by atoms with Gasteiger partial charge in [0.25, 0.3) is 0 Å². The van der Waals surface area contributed by atoms with Crippen molar-refractivity contribution in [2.75, 3.05) is 0 Å². The third-order valence-corrected chi connectivity index (χ3v) is 2.01. The Kier molecular flexibility index (Phi) is 10.8. The van der Waals surface area contributed by atoms with Crippen molar-refractivity contribution in [2.45, 2.75) is 5.03 Å². The van der Waals surface area contributed by atoms with Crippen LogP contribution < -0.4 is 0 Å². The summed E-state index contributed by atoms with van der Waals surface area (Å²) in [5.41, 5.74) is -0.0671. The van der Waals surface area contributed by atoms with Gasteiger partial charge in [0.1, 0.15) is 11.3 Å². The summed E-state index contributed by atoms with van der Waals surface area (Å²) in [7, 11) is 0. The standard InChI is InChI=1S/C7H6O3.C5H5NS.H2O.Zn/c8-6-4-2-1-3-5(6)7(9)10;7-5-3-1-2-4-6-5;;/h1-4,8H,(H,9,10);1-4H,(H,6,7);1H2;/p-1. The fraction of sp³-hybridized carbons (Fsp3) is 0. The third kappa shape index (κ3) is 7.46. The molecule has 0 spiro atoms. The zero-order valence-electron chi connectivity index (χ0n) is 9.98. The molecular formula is C12H12NO4SZn-. The Morgan fingerprint density at radius 2 is 1.68 bits per heavy atom. The topological polar surface area (TPSA) is 102 Å². The molecule has 4 N–H and O–H groups in total. The summed E-state index contributed by atoms with van der Waals surface area (Å²) in [4.78, 5) is 14.1. The number of para-hydroxylation sites is 1. The number of phenols is 1. The Balaban J connectivity index is 0. The molecule has 2 rings (SSSR count). The van der Waals surface area contributed by atoms with Gasteiger partial charge in [0.05, 0.1) is 0 Å². The number of aromatic hydroxyl groups is 1. The number of aromatic nitrogens is 1. The number of benzene rings is 1. The molecule has 1 aromatic carbocycles. The van der Waals surface area contributed by atoms with Crippen LogP contribution in [0.1, 0.15) is 10.4 Å². The second-order valence-electron chi connectivity index (χ2n) is 2.99. The van der Waals surface area contributed by atoms with Gasteiger partial charge in [-0.15, -0.1) is 0 Å². The van der Waals surface area contributed by atoms with Crippen LogP contribution in [-0.2, 0) is 32.1 Å². The van der Waals surface area contributed by atoms with Crippen molar-refractivity contribution in [1.29, 1.82) is 0 Å². The molecule has 0 atom stereocenters. The molecule has 0 aliphatic heterocycles. The minimum Gasteiger partial charge on any atom is -0.760 e. The Morgan fingerprint density at radius 1 is 1.11 bits per heavy atom. The van der Waals surface area contributed by atoms with Crippen LogP contribution in [0, 0.1) is 0 Å². The van der Waals surface area contributed by atoms with Gasteiger partial charge in [-0.2, -0.15) is 0 Å². The second-order valence-corrected chi connectivity index (χ2v) is 3.41. The molecule has 7 heteroatoms. The maximum Gasteiger partial charge on any atom is 0.339 e. The number of hydrogen-bond donors (Lipinski definition) is 2. The fourth-order valence-electron chi connectivity index (χ4n) is 1.00. The molecule has 19 heavy (non-hydrogen) atoms. The van der Waals surface area contributed by atoms with Crippen LogP contribution in [0.15, 0.2) is 53.7 Å².